The van der Waals surface area contributed by atoms with Gasteiger partial charge in [0, 0.05) is 28.0 Å². The van der Waals surface area contributed by atoms with Gasteiger partial charge in [-0.1, -0.05) is 41.1 Å². The summed E-state index contributed by atoms with van der Waals surface area (Å²) in [5, 5.41) is 2.14. The van der Waals surface area contributed by atoms with Gasteiger partial charge in [-0.15, -0.1) is 11.3 Å². The molecule has 0 bridgehead atoms. The molecule has 1 atom stereocenters. The van der Waals surface area contributed by atoms with Gasteiger partial charge in [0.1, 0.15) is 0 Å². The maximum atomic E-state index is 6.14. The van der Waals surface area contributed by atoms with Gasteiger partial charge in [0.15, 0.2) is 0 Å². The maximum Gasteiger partial charge on any atom is 0.0347 e. The van der Waals surface area contributed by atoms with Gasteiger partial charge in [0.05, 0.1) is 0 Å². The predicted molar refractivity (Wildman–Crippen MR) is 95.7 cm³/mol. The lowest BCUT2D eigenvalue weighted by Crippen LogP contribution is -2.52. The van der Waals surface area contributed by atoms with Crippen LogP contribution < -0.4 is 5.73 Å². The van der Waals surface area contributed by atoms with Gasteiger partial charge < -0.3 is 5.73 Å². The molecule has 0 spiro atoms. The Balaban J connectivity index is 2.15. The van der Waals surface area contributed by atoms with Crippen molar-refractivity contribution < 1.29 is 0 Å². The Morgan fingerprint density at radius 1 is 1.24 bits per heavy atom. The molecule has 21 heavy (non-hydrogen) atoms. The number of halogens is 1. The average molecular weight is 367 g/mol. The van der Waals surface area contributed by atoms with Crippen molar-refractivity contribution in [1.82, 2.24) is 4.90 Å². The van der Waals surface area contributed by atoms with E-state index < -0.39 is 0 Å². The molecule has 0 aliphatic heterocycles. The van der Waals surface area contributed by atoms with Crippen LogP contribution in [0.1, 0.15) is 24.3 Å². The number of nitrogens with two attached hydrogens (primary N) is 1. The first-order chi connectivity index (χ1) is 10.1. The molecule has 4 heteroatoms. The summed E-state index contributed by atoms with van der Waals surface area (Å²) in [4.78, 5) is 3.88. The molecule has 0 radical (unpaired) electrons. The molecule has 2 N–H and O–H groups in total. The molecule has 2 nitrogen and oxygen atoms in total. The van der Waals surface area contributed by atoms with Gasteiger partial charge in [0.2, 0.25) is 0 Å². The molecular weight excluding hydrogens is 344 g/mol. The topological polar surface area (TPSA) is 29.3 Å². The standard InChI is InChI=1S/C17H23BrN2S/c1-3-20(12-16-5-4-10-21-16)17(2,13-19)11-14-6-8-15(18)9-7-14/h4-10H,3,11-13,19H2,1-2H3. The predicted octanol–water partition coefficient (Wildman–Crippen LogP) is 4.29. The van der Waals surface area contributed by atoms with E-state index in [2.05, 4.69) is 76.5 Å². The zero-order valence-electron chi connectivity index (χ0n) is 12.7. The first kappa shape index (κ1) is 16.7. The molecule has 1 unspecified atom stereocenters. The number of nitrogens with zero attached hydrogens (tertiary/aromatic N) is 1. The van der Waals surface area contributed by atoms with Crippen molar-refractivity contribution in [3.63, 3.8) is 0 Å². The van der Waals surface area contributed by atoms with Gasteiger partial charge in [-0.25, -0.2) is 0 Å². The lowest BCUT2D eigenvalue weighted by Gasteiger charge is -2.40. The summed E-state index contributed by atoms with van der Waals surface area (Å²) in [6, 6.07) is 12.9. The highest BCUT2D eigenvalue weighted by Gasteiger charge is 2.30. The van der Waals surface area contributed by atoms with Crippen molar-refractivity contribution >= 4 is 27.3 Å². The summed E-state index contributed by atoms with van der Waals surface area (Å²) in [5.74, 6) is 0. The molecule has 1 aromatic heterocycles. The van der Waals surface area contributed by atoms with E-state index in [0.717, 1.165) is 24.0 Å². The minimum Gasteiger partial charge on any atom is -0.329 e. The Kier molecular flexibility index (Phi) is 5.99. The van der Waals surface area contributed by atoms with Crippen LogP contribution in [-0.4, -0.2) is 23.5 Å². The Labute approximate surface area is 140 Å². The van der Waals surface area contributed by atoms with Crippen molar-refractivity contribution in [1.29, 1.82) is 0 Å². The molecule has 0 aliphatic rings. The second-order valence-electron chi connectivity index (χ2n) is 5.60. The van der Waals surface area contributed by atoms with Gasteiger partial charge in [-0.05, 0) is 49.0 Å². The van der Waals surface area contributed by atoms with Crippen LogP contribution in [0.5, 0.6) is 0 Å². The highest BCUT2D eigenvalue weighted by atomic mass is 79.9. The minimum atomic E-state index is -0.0213. The van der Waals surface area contributed by atoms with Crippen molar-refractivity contribution in [2.75, 3.05) is 13.1 Å². The number of benzene rings is 1. The molecule has 1 heterocycles. The third-order valence-electron chi connectivity index (χ3n) is 4.01. The van der Waals surface area contributed by atoms with E-state index in [9.17, 15) is 0 Å². The summed E-state index contributed by atoms with van der Waals surface area (Å²) >= 11 is 5.30. The molecule has 0 fully saturated rings. The summed E-state index contributed by atoms with van der Waals surface area (Å²) < 4.78 is 1.12. The van der Waals surface area contributed by atoms with Crippen LogP contribution in [0.3, 0.4) is 0 Å². The lowest BCUT2D eigenvalue weighted by atomic mass is 9.90. The fourth-order valence-corrected chi connectivity index (χ4v) is 3.61. The van der Waals surface area contributed by atoms with Crippen molar-refractivity contribution in [2.24, 2.45) is 5.73 Å². The molecule has 0 amide bonds. The fourth-order valence-electron chi connectivity index (χ4n) is 2.63. The zero-order chi connectivity index (χ0) is 15.3. The molecule has 0 saturated carbocycles. The molecule has 114 valence electrons. The van der Waals surface area contributed by atoms with E-state index >= 15 is 0 Å². The first-order valence-electron chi connectivity index (χ1n) is 7.29. The Hall–Kier alpha value is -0.680. The van der Waals surface area contributed by atoms with Gasteiger partial charge in [-0.2, -0.15) is 0 Å². The van der Waals surface area contributed by atoms with Crippen LogP contribution in [0.4, 0.5) is 0 Å². The number of hydrogen-bond acceptors (Lipinski definition) is 3. The molecule has 0 aliphatic carbocycles. The summed E-state index contributed by atoms with van der Waals surface area (Å²) in [6.45, 7) is 7.11. The van der Waals surface area contributed by atoms with Gasteiger partial charge >= 0.3 is 0 Å². The molecule has 2 aromatic rings. The van der Waals surface area contributed by atoms with Crippen LogP contribution >= 0.6 is 27.3 Å². The normalized spacial score (nSPS) is 14.3. The van der Waals surface area contributed by atoms with E-state index in [1.807, 2.05) is 11.3 Å². The Morgan fingerprint density at radius 3 is 2.48 bits per heavy atom. The number of thiophene rings is 1. The quantitative estimate of drug-likeness (QED) is 0.791. The Bertz CT molecular complexity index is 538. The van der Waals surface area contributed by atoms with Crippen LogP contribution in [0.2, 0.25) is 0 Å². The van der Waals surface area contributed by atoms with Crippen molar-refractivity contribution in [3.05, 3.63) is 56.7 Å². The highest BCUT2D eigenvalue weighted by molar-refractivity contribution is 9.10. The second-order valence-corrected chi connectivity index (χ2v) is 7.55. The molecule has 0 saturated heterocycles. The molecular formula is C17H23BrN2S. The Morgan fingerprint density at radius 2 is 1.95 bits per heavy atom. The summed E-state index contributed by atoms with van der Waals surface area (Å²) in [6.07, 6.45) is 0.968. The van der Waals surface area contributed by atoms with Crippen LogP contribution in [0.15, 0.2) is 46.3 Å². The lowest BCUT2D eigenvalue weighted by molar-refractivity contribution is 0.109. The zero-order valence-corrected chi connectivity index (χ0v) is 15.1. The van der Waals surface area contributed by atoms with Gasteiger partial charge in [0.25, 0.3) is 0 Å². The second kappa shape index (κ2) is 7.54. The van der Waals surface area contributed by atoms with E-state index in [1.54, 1.807) is 0 Å². The highest BCUT2D eigenvalue weighted by Crippen LogP contribution is 2.24. The number of hydrogen-bond donors (Lipinski definition) is 1. The average Bonchev–Trinajstić information content (AvgIpc) is 3.00. The largest absolute Gasteiger partial charge is 0.329 e. The number of rotatable bonds is 7. The third-order valence-corrected chi connectivity index (χ3v) is 5.40. The first-order valence-corrected chi connectivity index (χ1v) is 8.96. The minimum absolute atomic E-state index is 0.0213. The third kappa shape index (κ3) is 4.39. The SMILES string of the molecule is CCN(Cc1cccs1)C(C)(CN)Cc1ccc(Br)cc1. The maximum absolute atomic E-state index is 6.14. The van der Waals surface area contributed by atoms with E-state index in [1.165, 1.54) is 10.4 Å². The molecule has 2 rings (SSSR count). The summed E-state index contributed by atoms with van der Waals surface area (Å²) in [7, 11) is 0. The molecule has 1 aromatic carbocycles. The van der Waals surface area contributed by atoms with E-state index in [-0.39, 0.29) is 5.54 Å². The van der Waals surface area contributed by atoms with E-state index in [0.29, 0.717) is 6.54 Å². The van der Waals surface area contributed by atoms with Crippen LogP contribution in [0.25, 0.3) is 0 Å². The van der Waals surface area contributed by atoms with Crippen molar-refractivity contribution in [3.8, 4) is 0 Å². The van der Waals surface area contributed by atoms with Crippen molar-refractivity contribution in [2.45, 2.75) is 32.4 Å². The monoisotopic (exact) mass is 366 g/mol. The van der Waals surface area contributed by atoms with E-state index in [4.69, 9.17) is 5.73 Å². The smallest absolute Gasteiger partial charge is 0.0347 e. The number of likely N-dealkylation sites (N-methyl/N-ethyl adjacent to an activating group) is 1. The fraction of sp³-hybridized carbons (Fsp3) is 0.412. The van der Waals surface area contributed by atoms with Crippen LogP contribution in [0, 0.1) is 0 Å². The van der Waals surface area contributed by atoms with Crippen LogP contribution in [-0.2, 0) is 13.0 Å². The van der Waals surface area contributed by atoms with Gasteiger partial charge in [-0.3, -0.25) is 4.90 Å². The summed E-state index contributed by atoms with van der Waals surface area (Å²) in [5.41, 5.74) is 7.45.